The maximum Gasteiger partial charge on any atom is 0.235 e. The Kier molecular flexibility index (Phi) is 6.10. The fourth-order valence-corrected chi connectivity index (χ4v) is 2.83. The maximum absolute atomic E-state index is 13.5. The molecule has 0 aliphatic carbocycles. The molecule has 2 aromatic rings. The summed E-state index contributed by atoms with van der Waals surface area (Å²) in [6, 6.07) is 9.58. The summed E-state index contributed by atoms with van der Waals surface area (Å²) in [5.41, 5.74) is 0.494. The fraction of sp³-hybridized carbons (Fsp3) is 0.312. The molecule has 1 aromatic heterocycles. The van der Waals surface area contributed by atoms with Gasteiger partial charge in [0.15, 0.2) is 0 Å². The van der Waals surface area contributed by atoms with Gasteiger partial charge in [-0.25, -0.2) is 12.8 Å². The van der Waals surface area contributed by atoms with Crippen molar-refractivity contribution in [3.63, 3.8) is 0 Å². The van der Waals surface area contributed by atoms with Crippen molar-refractivity contribution in [1.29, 1.82) is 0 Å². The minimum absolute atomic E-state index is 0.0213. The SMILES string of the molecule is CS(=O)(=O)N(CC(=O)NCCc1ccccc1F)Cc1ccco1. The molecule has 0 aliphatic rings. The number of furan rings is 1. The summed E-state index contributed by atoms with van der Waals surface area (Å²) in [5.74, 6) is -0.342. The molecule has 1 amide bonds. The van der Waals surface area contributed by atoms with Crippen LogP contribution in [0.15, 0.2) is 47.1 Å². The average Bonchev–Trinajstić information content (AvgIpc) is 3.01. The molecule has 0 bridgehead atoms. The van der Waals surface area contributed by atoms with E-state index in [9.17, 15) is 17.6 Å². The van der Waals surface area contributed by atoms with E-state index in [1.54, 1.807) is 30.3 Å². The van der Waals surface area contributed by atoms with E-state index in [0.717, 1.165) is 10.6 Å². The zero-order chi connectivity index (χ0) is 17.6. The van der Waals surface area contributed by atoms with E-state index in [4.69, 9.17) is 4.42 Å². The number of nitrogens with zero attached hydrogens (tertiary/aromatic N) is 1. The van der Waals surface area contributed by atoms with Crippen LogP contribution in [0.25, 0.3) is 0 Å². The highest BCUT2D eigenvalue weighted by Crippen LogP contribution is 2.09. The number of halogens is 1. The molecule has 0 fully saturated rings. The lowest BCUT2D eigenvalue weighted by Gasteiger charge is -2.18. The van der Waals surface area contributed by atoms with Gasteiger partial charge in [0, 0.05) is 6.54 Å². The molecule has 0 saturated carbocycles. The third-order valence-electron chi connectivity index (χ3n) is 3.38. The van der Waals surface area contributed by atoms with Gasteiger partial charge in [0.2, 0.25) is 15.9 Å². The number of carbonyl (C=O) groups is 1. The van der Waals surface area contributed by atoms with Crippen LogP contribution in [0.5, 0.6) is 0 Å². The molecule has 0 saturated heterocycles. The monoisotopic (exact) mass is 354 g/mol. The summed E-state index contributed by atoms with van der Waals surface area (Å²) in [5, 5.41) is 2.60. The van der Waals surface area contributed by atoms with Gasteiger partial charge in [-0.3, -0.25) is 4.79 Å². The number of amides is 1. The van der Waals surface area contributed by atoms with E-state index < -0.39 is 15.9 Å². The summed E-state index contributed by atoms with van der Waals surface area (Å²) in [7, 11) is -3.57. The third kappa shape index (κ3) is 5.47. The smallest absolute Gasteiger partial charge is 0.235 e. The van der Waals surface area contributed by atoms with Crippen molar-refractivity contribution < 1.29 is 22.0 Å². The Balaban J connectivity index is 1.87. The Morgan fingerprint density at radius 1 is 1.25 bits per heavy atom. The molecule has 0 aliphatic heterocycles. The topological polar surface area (TPSA) is 79.6 Å². The van der Waals surface area contributed by atoms with Gasteiger partial charge >= 0.3 is 0 Å². The summed E-state index contributed by atoms with van der Waals surface area (Å²) in [6.07, 6.45) is 2.79. The second-order valence-electron chi connectivity index (χ2n) is 5.30. The van der Waals surface area contributed by atoms with Crippen LogP contribution in [0.1, 0.15) is 11.3 Å². The van der Waals surface area contributed by atoms with Crippen LogP contribution in [0.3, 0.4) is 0 Å². The van der Waals surface area contributed by atoms with Crippen LogP contribution < -0.4 is 5.32 Å². The molecular formula is C16H19FN2O4S. The number of carbonyl (C=O) groups excluding carboxylic acids is 1. The Morgan fingerprint density at radius 3 is 2.62 bits per heavy atom. The lowest BCUT2D eigenvalue weighted by Crippen LogP contribution is -2.40. The summed E-state index contributed by atoms with van der Waals surface area (Å²) < 4.78 is 43.2. The number of hydrogen-bond acceptors (Lipinski definition) is 4. The first-order valence-electron chi connectivity index (χ1n) is 7.34. The van der Waals surface area contributed by atoms with E-state index >= 15 is 0 Å². The van der Waals surface area contributed by atoms with Gasteiger partial charge in [-0.15, -0.1) is 0 Å². The van der Waals surface area contributed by atoms with Crippen LogP contribution in [0, 0.1) is 5.82 Å². The molecule has 24 heavy (non-hydrogen) atoms. The van der Waals surface area contributed by atoms with Crippen molar-refractivity contribution in [2.24, 2.45) is 0 Å². The third-order valence-corrected chi connectivity index (χ3v) is 4.57. The molecule has 1 heterocycles. The van der Waals surface area contributed by atoms with Gasteiger partial charge < -0.3 is 9.73 Å². The lowest BCUT2D eigenvalue weighted by atomic mass is 10.1. The predicted octanol–water partition coefficient (Wildman–Crippen LogP) is 1.54. The Morgan fingerprint density at radius 2 is 2.00 bits per heavy atom. The first kappa shape index (κ1) is 18.2. The largest absolute Gasteiger partial charge is 0.468 e. The zero-order valence-corrected chi connectivity index (χ0v) is 14.1. The molecular weight excluding hydrogens is 335 g/mol. The van der Waals surface area contributed by atoms with Gasteiger partial charge in [0.1, 0.15) is 11.6 Å². The van der Waals surface area contributed by atoms with Crippen molar-refractivity contribution in [2.75, 3.05) is 19.3 Å². The molecule has 2 rings (SSSR count). The lowest BCUT2D eigenvalue weighted by molar-refractivity contribution is -0.121. The van der Waals surface area contributed by atoms with Crippen molar-refractivity contribution >= 4 is 15.9 Å². The van der Waals surface area contributed by atoms with Crippen molar-refractivity contribution in [3.8, 4) is 0 Å². The van der Waals surface area contributed by atoms with E-state index in [-0.39, 0.29) is 25.5 Å². The minimum Gasteiger partial charge on any atom is -0.468 e. The van der Waals surface area contributed by atoms with Gasteiger partial charge in [0.05, 0.1) is 25.6 Å². The number of hydrogen-bond donors (Lipinski definition) is 1. The second kappa shape index (κ2) is 8.07. The quantitative estimate of drug-likeness (QED) is 0.780. The van der Waals surface area contributed by atoms with E-state index in [2.05, 4.69) is 5.32 Å². The highest BCUT2D eigenvalue weighted by molar-refractivity contribution is 7.88. The molecule has 1 aromatic carbocycles. The maximum atomic E-state index is 13.5. The number of nitrogens with one attached hydrogen (secondary N) is 1. The summed E-state index contributed by atoms with van der Waals surface area (Å²) in [4.78, 5) is 12.0. The van der Waals surface area contributed by atoms with E-state index in [1.165, 1.54) is 12.3 Å². The molecule has 130 valence electrons. The van der Waals surface area contributed by atoms with Crippen molar-refractivity contribution in [2.45, 2.75) is 13.0 Å². The molecule has 6 nitrogen and oxygen atoms in total. The molecule has 0 atom stereocenters. The molecule has 1 N–H and O–H groups in total. The van der Waals surface area contributed by atoms with Gasteiger partial charge in [0.25, 0.3) is 0 Å². The summed E-state index contributed by atoms with van der Waals surface area (Å²) >= 11 is 0. The first-order chi connectivity index (χ1) is 11.4. The highest BCUT2D eigenvalue weighted by Gasteiger charge is 2.21. The molecule has 0 unspecified atom stereocenters. The van der Waals surface area contributed by atoms with E-state index in [1.807, 2.05) is 0 Å². The van der Waals surface area contributed by atoms with Gasteiger partial charge in [-0.1, -0.05) is 18.2 Å². The highest BCUT2D eigenvalue weighted by atomic mass is 32.2. The Labute approximate surface area is 140 Å². The number of rotatable bonds is 8. The van der Waals surface area contributed by atoms with Crippen LogP contribution in [-0.4, -0.2) is 38.0 Å². The van der Waals surface area contributed by atoms with E-state index in [0.29, 0.717) is 17.7 Å². The van der Waals surface area contributed by atoms with Crippen molar-refractivity contribution in [1.82, 2.24) is 9.62 Å². The second-order valence-corrected chi connectivity index (χ2v) is 7.28. The van der Waals surface area contributed by atoms with Crippen LogP contribution in [0.2, 0.25) is 0 Å². The number of sulfonamides is 1. The van der Waals surface area contributed by atoms with Crippen molar-refractivity contribution in [3.05, 3.63) is 59.8 Å². The molecule has 0 radical (unpaired) electrons. The van der Waals surface area contributed by atoms with Crippen LogP contribution in [-0.2, 0) is 27.8 Å². The van der Waals surface area contributed by atoms with Crippen LogP contribution in [0.4, 0.5) is 4.39 Å². The molecule has 0 spiro atoms. The Bertz CT molecular complexity index is 775. The normalized spacial score (nSPS) is 11.6. The number of benzene rings is 1. The fourth-order valence-electron chi connectivity index (χ4n) is 2.12. The van der Waals surface area contributed by atoms with Gasteiger partial charge in [-0.05, 0) is 30.2 Å². The summed E-state index contributed by atoms with van der Waals surface area (Å²) in [6.45, 7) is -0.124. The van der Waals surface area contributed by atoms with Crippen LogP contribution >= 0.6 is 0 Å². The zero-order valence-electron chi connectivity index (χ0n) is 13.2. The van der Waals surface area contributed by atoms with Gasteiger partial charge in [-0.2, -0.15) is 4.31 Å². The Hall–Kier alpha value is -2.19. The average molecular weight is 354 g/mol. The first-order valence-corrected chi connectivity index (χ1v) is 9.18. The standard InChI is InChI=1S/C16H19FN2O4S/c1-24(21,22)19(11-14-6-4-10-23-14)12-16(20)18-9-8-13-5-2-3-7-15(13)17/h2-7,10H,8-9,11-12H2,1H3,(H,18,20). The molecule has 8 heteroatoms. The predicted molar refractivity (Wildman–Crippen MR) is 87.1 cm³/mol. The minimum atomic E-state index is -3.57.